The molecule has 4 heteroatoms. The normalized spacial score (nSPS) is 11.8. The van der Waals surface area contributed by atoms with Crippen LogP contribution in [0.4, 0.5) is 0 Å². The third-order valence-corrected chi connectivity index (χ3v) is 3.20. The Labute approximate surface area is 81.5 Å². The van der Waals surface area contributed by atoms with Crippen molar-refractivity contribution in [2.45, 2.75) is 26.2 Å². The van der Waals surface area contributed by atoms with Crippen molar-refractivity contribution in [3.05, 3.63) is 10.2 Å². The van der Waals surface area contributed by atoms with Crippen LogP contribution in [-0.2, 0) is 5.41 Å². The zero-order valence-corrected chi connectivity index (χ0v) is 9.21. The molecule has 0 fully saturated rings. The van der Waals surface area contributed by atoms with Crippen molar-refractivity contribution in [3.8, 4) is 5.06 Å². The summed E-state index contributed by atoms with van der Waals surface area (Å²) in [6, 6.07) is 0. The fourth-order valence-electron chi connectivity index (χ4n) is 0.734. The van der Waals surface area contributed by atoms with Crippen LogP contribution in [0.15, 0.2) is 0 Å². The smallest absolute Gasteiger partial charge is 0.213 e. The average Bonchev–Trinajstić information content (AvgIpc) is 2.29. The molecule has 1 aromatic rings. The molecule has 1 heterocycles. The van der Waals surface area contributed by atoms with Gasteiger partial charge in [-0.05, 0) is 0 Å². The number of thiazole rings is 1. The highest BCUT2D eigenvalue weighted by Gasteiger charge is 2.21. The number of hydrogen-bond acceptors (Lipinski definition) is 3. The summed E-state index contributed by atoms with van der Waals surface area (Å²) in [5.41, 5.74) is 0.0467. The van der Waals surface area contributed by atoms with E-state index in [-0.39, 0.29) is 5.41 Å². The lowest BCUT2D eigenvalue weighted by molar-refractivity contribution is 0.426. The highest BCUT2D eigenvalue weighted by atomic mass is 35.5. The molecular formula is C8H12ClNOS. The maximum absolute atomic E-state index is 5.83. The second-order valence-corrected chi connectivity index (χ2v) is 4.87. The third-order valence-electron chi connectivity index (χ3n) is 1.38. The highest BCUT2D eigenvalue weighted by molar-refractivity contribution is 7.14. The first-order chi connectivity index (χ1) is 5.45. The van der Waals surface area contributed by atoms with Crippen molar-refractivity contribution < 1.29 is 4.74 Å². The van der Waals surface area contributed by atoms with E-state index in [1.807, 2.05) is 0 Å². The number of aromatic nitrogens is 1. The van der Waals surface area contributed by atoms with Crippen molar-refractivity contribution in [1.82, 2.24) is 4.98 Å². The molecule has 12 heavy (non-hydrogen) atoms. The Morgan fingerprint density at radius 2 is 2.00 bits per heavy atom. The molecule has 0 saturated heterocycles. The molecule has 0 atom stereocenters. The molecule has 0 amide bonds. The van der Waals surface area contributed by atoms with Crippen LogP contribution in [-0.4, -0.2) is 12.1 Å². The molecule has 0 N–H and O–H groups in total. The number of nitrogens with zero attached hydrogens (tertiary/aromatic N) is 1. The lowest BCUT2D eigenvalue weighted by atomic mass is 9.98. The first kappa shape index (κ1) is 9.81. The minimum atomic E-state index is 0.0467. The molecular weight excluding hydrogens is 194 g/mol. The quantitative estimate of drug-likeness (QED) is 0.703. The minimum absolute atomic E-state index is 0.0467. The number of halogens is 1. The molecule has 1 rings (SSSR count). The van der Waals surface area contributed by atoms with Crippen molar-refractivity contribution in [2.24, 2.45) is 0 Å². The predicted molar refractivity (Wildman–Crippen MR) is 52.4 cm³/mol. The summed E-state index contributed by atoms with van der Waals surface area (Å²) in [6.45, 7) is 6.30. The molecule has 0 aliphatic heterocycles. The van der Waals surface area contributed by atoms with Gasteiger partial charge in [0.1, 0.15) is 5.01 Å². The fourth-order valence-corrected chi connectivity index (χ4v) is 1.89. The van der Waals surface area contributed by atoms with Gasteiger partial charge in [-0.1, -0.05) is 43.7 Å². The topological polar surface area (TPSA) is 22.1 Å². The monoisotopic (exact) mass is 205 g/mol. The van der Waals surface area contributed by atoms with E-state index >= 15 is 0 Å². The molecule has 1 aromatic heterocycles. The lowest BCUT2D eigenvalue weighted by Gasteiger charge is -2.12. The molecule has 0 unspecified atom stereocenters. The molecule has 0 saturated carbocycles. The van der Waals surface area contributed by atoms with Gasteiger partial charge in [-0.2, -0.15) is 0 Å². The molecule has 0 radical (unpaired) electrons. The van der Waals surface area contributed by atoms with Gasteiger partial charge in [0.15, 0.2) is 5.15 Å². The number of rotatable bonds is 1. The summed E-state index contributed by atoms with van der Waals surface area (Å²) >= 11 is 7.33. The van der Waals surface area contributed by atoms with Crippen LogP contribution >= 0.6 is 22.9 Å². The van der Waals surface area contributed by atoms with E-state index in [1.54, 1.807) is 7.11 Å². The highest BCUT2D eigenvalue weighted by Crippen LogP contribution is 2.36. The van der Waals surface area contributed by atoms with Gasteiger partial charge in [0, 0.05) is 5.41 Å². The Morgan fingerprint density at radius 3 is 2.25 bits per heavy atom. The largest absolute Gasteiger partial charge is 0.485 e. The van der Waals surface area contributed by atoms with Gasteiger partial charge < -0.3 is 4.74 Å². The van der Waals surface area contributed by atoms with E-state index in [2.05, 4.69) is 25.8 Å². The number of ether oxygens (including phenoxy) is 1. The number of hydrogen-bond donors (Lipinski definition) is 0. The summed E-state index contributed by atoms with van der Waals surface area (Å²) in [5, 5.41) is 2.17. The Kier molecular flexibility index (Phi) is 2.64. The van der Waals surface area contributed by atoms with Gasteiger partial charge in [-0.3, -0.25) is 0 Å². The van der Waals surface area contributed by atoms with E-state index in [9.17, 15) is 0 Å². The SMILES string of the molecule is COc1sc(C(C)(C)C)nc1Cl. The van der Waals surface area contributed by atoms with Gasteiger partial charge in [0.25, 0.3) is 0 Å². The van der Waals surface area contributed by atoms with Gasteiger partial charge in [0.2, 0.25) is 5.06 Å². The van der Waals surface area contributed by atoms with Crippen LogP contribution in [0.1, 0.15) is 25.8 Å². The lowest BCUT2D eigenvalue weighted by Crippen LogP contribution is -2.09. The Hall–Kier alpha value is -0.280. The van der Waals surface area contributed by atoms with E-state index in [0.29, 0.717) is 10.2 Å². The third kappa shape index (κ3) is 1.90. The summed E-state index contributed by atoms with van der Waals surface area (Å²) in [6.07, 6.45) is 0. The van der Waals surface area contributed by atoms with Crippen molar-refractivity contribution in [1.29, 1.82) is 0 Å². The van der Waals surface area contributed by atoms with Crippen LogP contribution < -0.4 is 4.74 Å². The molecule has 2 nitrogen and oxygen atoms in total. The summed E-state index contributed by atoms with van der Waals surface area (Å²) < 4.78 is 5.04. The zero-order chi connectivity index (χ0) is 9.35. The maximum Gasteiger partial charge on any atom is 0.213 e. The second-order valence-electron chi connectivity index (χ2n) is 3.55. The Morgan fingerprint density at radius 1 is 1.42 bits per heavy atom. The van der Waals surface area contributed by atoms with Crippen LogP contribution in [0.5, 0.6) is 5.06 Å². The van der Waals surface area contributed by atoms with E-state index in [0.717, 1.165) is 5.01 Å². The molecule has 0 bridgehead atoms. The molecule has 0 spiro atoms. The predicted octanol–water partition coefficient (Wildman–Crippen LogP) is 3.10. The van der Waals surface area contributed by atoms with E-state index < -0.39 is 0 Å². The molecule has 0 aromatic carbocycles. The van der Waals surface area contributed by atoms with E-state index in [4.69, 9.17) is 16.3 Å². The van der Waals surface area contributed by atoms with Gasteiger partial charge in [-0.25, -0.2) is 4.98 Å². The summed E-state index contributed by atoms with van der Waals surface area (Å²) in [5.74, 6) is 0. The Bertz CT molecular complexity index is 277. The average molecular weight is 206 g/mol. The fraction of sp³-hybridized carbons (Fsp3) is 0.625. The van der Waals surface area contributed by atoms with Crippen molar-refractivity contribution >= 4 is 22.9 Å². The standard InChI is InChI=1S/C8H12ClNOS/c1-8(2,3)7-10-5(9)6(11-4)12-7/h1-4H3. The molecule has 0 aliphatic rings. The van der Waals surface area contributed by atoms with E-state index in [1.165, 1.54) is 11.3 Å². The minimum Gasteiger partial charge on any atom is -0.485 e. The van der Waals surface area contributed by atoms with Crippen LogP contribution in [0.25, 0.3) is 0 Å². The van der Waals surface area contributed by atoms with Gasteiger partial charge >= 0.3 is 0 Å². The zero-order valence-electron chi connectivity index (χ0n) is 7.64. The molecule has 0 aliphatic carbocycles. The van der Waals surface area contributed by atoms with Gasteiger partial charge in [-0.15, -0.1) is 0 Å². The second kappa shape index (κ2) is 3.23. The van der Waals surface area contributed by atoms with Crippen LogP contribution in [0.2, 0.25) is 5.15 Å². The maximum atomic E-state index is 5.83. The van der Waals surface area contributed by atoms with Crippen molar-refractivity contribution in [2.75, 3.05) is 7.11 Å². The van der Waals surface area contributed by atoms with Gasteiger partial charge in [0.05, 0.1) is 7.11 Å². The van der Waals surface area contributed by atoms with Crippen LogP contribution in [0, 0.1) is 0 Å². The summed E-state index contributed by atoms with van der Waals surface area (Å²) in [7, 11) is 1.60. The first-order valence-corrected chi connectivity index (χ1v) is 4.85. The summed E-state index contributed by atoms with van der Waals surface area (Å²) in [4.78, 5) is 4.21. The Balaban J connectivity index is 3.05. The molecule has 68 valence electrons. The first-order valence-electron chi connectivity index (χ1n) is 3.66. The number of methoxy groups -OCH3 is 1. The van der Waals surface area contributed by atoms with Crippen LogP contribution in [0.3, 0.4) is 0 Å². The van der Waals surface area contributed by atoms with Crippen molar-refractivity contribution in [3.63, 3.8) is 0 Å².